The molecule has 0 atom stereocenters. The second-order valence-electron chi connectivity index (χ2n) is 4.11. The summed E-state index contributed by atoms with van der Waals surface area (Å²) in [5, 5.41) is 11.3. The van der Waals surface area contributed by atoms with E-state index in [1.54, 1.807) is 0 Å². The van der Waals surface area contributed by atoms with Crippen LogP contribution >= 0.6 is 0 Å². The SMILES string of the molecule is Cc1[nH]n(-c2cccc(C(F)(F)F)c2)c(=O)c1C(=O)O. The van der Waals surface area contributed by atoms with Gasteiger partial charge >= 0.3 is 12.1 Å². The van der Waals surface area contributed by atoms with Crippen molar-refractivity contribution in [2.24, 2.45) is 0 Å². The minimum Gasteiger partial charge on any atom is -0.477 e. The lowest BCUT2D eigenvalue weighted by Gasteiger charge is -2.08. The van der Waals surface area contributed by atoms with Gasteiger partial charge in [-0.25, -0.2) is 9.48 Å². The molecule has 0 fully saturated rings. The quantitative estimate of drug-likeness (QED) is 0.888. The van der Waals surface area contributed by atoms with Crippen LogP contribution in [0.15, 0.2) is 29.1 Å². The Kier molecular flexibility index (Phi) is 3.16. The van der Waals surface area contributed by atoms with E-state index in [1.165, 1.54) is 13.0 Å². The van der Waals surface area contributed by atoms with Crippen LogP contribution in [0, 0.1) is 6.92 Å². The topological polar surface area (TPSA) is 75.1 Å². The first-order valence-corrected chi connectivity index (χ1v) is 5.44. The first-order valence-electron chi connectivity index (χ1n) is 5.44. The minimum absolute atomic E-state index is 0.0694. The summed E-state index contributed by atoms with van der Waals surface area (Å²) in [7, 11) is 0. The Hall–Kier alpha value is -2.51. The van der Waals surface area contributed by atoms with Crippen LogP contribution in [0.4, 0.5) is 13.2 Å². The average molecular weight is 286 g/mol. The van der Waals surface area contributed by atoms with E-state index in [0.717, 1.165) is 22.9 Å². The molecule has 0 aliphatic rings. The van der Waals surface area contributed by atoms with Crippen molar-refractivity contribution in [3.8, 4) is 5.69 Å². The van der Waals surface area contributed by atoms with Crippen LogP contribution in [0.1, 0.15) is 21.6 Å². The van der Waals surface area contributed by atoms with Crippen LogP contribution < -0.4 is 5.56 Å². The van der Waals surface area contributed by atoms with Crippen LogP contribution in [-0.2, 0) is 6.18 Å². The molecule has 20 heavy (non-hydrogen) atoms. The number of aromatic carboxylic acids is 1. The van der Waals surface area contributed by atoms with Gasteiger partial charge in [-0.1, -0.05) is 6.07 Å². The van der Waals surface area contributed by atoms with Crippen molar-refractivity contribution >= 4 is 5.97 Å². The number of aryl methyl sites for hydroxylation is 1. The van der Waals surface area contributed by atoms with Crippen LogP contribution in [0.5, 0.6) is 0 Å². The van der Waals surface area contributed by atoms with Gasteiger partial charge in [-0.2, -0.15) is 13.2 Å². The molecule has 8 heteroatoms. The number of nitrogens with zero attached hydrogens (tertiary/aromatic N) is 1. The van der Waals surface area contributed by atoms with E-state index < -0.39 is 28.8 Å². The highest BCUT2D eigenvalue weighted by atomic mass is 19.4. The van der Waals surface area contributed by atoms with Gasteiger partial charge in [-0.05, 0) is 25.1 Å². The van der Waals surface area contributed by atoms with E-state index in [-0.39, 0.29) is 11.4 Å². The fourth-order valence-corrected chi connectivity index (χ4v) is 1.80. The molecule has 1 aromatic heterocycles. The van der Waals surface area contributed by atoms with Crippen LogP contribution in [0.3, 0.4) is 0 Å². The van der Waals surface area contributed by atoms with Crippen molar-refractivity contribution in [2.45, 2.75) is 13.1 Å². The third-order valence-electron chi connectivity index (χ3n) is 2.72. The Labute approximate surface area is 110 Å². The maximum absolute atomic E-state index is 12.6. The highest BCUT2D eigenvalue weighted by Gasteiger charge is 2.31. The summed E-state index contributed by atoms with van der Waals surface area (Å²) in [6.45, 7) is 1.36. The van der Waals surface area contributed by atoms with Gasteiger partial charge in [0.2, 0.25) is 0 Å². The number of benzene rings is 1. The van der Waals surface area contributed by atoms with Crippen LogP contribution in [-0.4, -0.2) is 20.9 Å². The third kappa shape index (κ3) is 2.31. The van der Waals surface area contributed by atoms with Crippen molar-refractivity contribution in [2.75, 3.05) is 0 Å². The minimum atomic E-state index is -4.54. The number of carboxylic acid groups (broad SMARTS) is 1. The molecule has 0 aliphatic carbocycles. The van der Waals surface area contributed by atoms with Crippen molar-refractivity contribution in [1.82, 2.24) is 9.78 Å². The zero-order chi connectivity index (χ0) is 15.1. The molecular weight excluding hydrogens is 277 g/mol. The molecule has 0 saturated heterocycles. The predicted octanol–water partition coefficient (Wildman–Crippen LogP) is 2.19. The van der Waals surface area contributed by atoms with E-state index in [0.29, 0.717) is 0 Å². The Bertz CT molecular complexity index is 728. The normalized spacial score (nSPS) is 11.6. The Morgan fingerprint density at radius 3 is 2.50 bits per heavy atom. The van der Waals surface area contributed by atoms with Crippen LogP contribution in [0.25, 0.3) is 5.69 Å². The lowest BCUT2D eigenvalue weighted by molar-refractivity contribution is -0.137. The molecule has 0 saturated carbocycles. The van der Waals surface area contributed by atoms with Gasteiger partial charge in [-0.3, -0.25) is 9.89 Å². The lowest BCUT2D eigenvalue weighted by atomic mass is 10.2. The zero-order valence-electron chi connectivity index (χ0n) is 10.2. The smallest absolute Gasteiger partial charge is 0.416 e. The standard InChI is InChI=1S/C12H9F3N2O3/c1-6-9(11(19)20)10(18)17(16-6)8-4-2-3-7(5-8)12(13,14)15/h2-5,16H,1H3,(H,19,20). The van der Waals surface area contributed by atoms with E-state index in [9.17, 15) is 22.8 Å². The second-order valence-corrected chi connectivity index (χ2v) is 4.11. The number of aromatic nitrogens is 2. The maximum atomic E-state index is 12.6. The fraction of sp³-hybridized carbons (Fsp3) is 0.167. The highest BCUT2D eigenvalue weighted by Crippen LogP contribution is 2.30. The molecule has 2 N–H and O–H groups in total. The summed E-state index contributed by atoms with van der Waals surface area (Å²) >= 11 is 0. The summed E-state index contributed by atoms with van der Waals surface area (Å²) in [6, 6.07) is 4.05. The van der Waals surface area contributed by atoms with Crippen molar-refractivity contribution in [3.05, 3.63) is 51.4 Å². The third-order valence-corrected chi connectivity index (χ3v) is 2.72. The molecule has 106 valence electrons. The van der Waals surface area contributed by atoms with Crippen molar-refractivity contribution < 1.29 is 23.1 Å². The average Bonchev–Trinajstić information content (AvgIpc) is 2.64. The highest BCUT2D eigenvalue weighted by molar-refractivity contribution is 5.88. The Morgan fingerprint density at radius 1 is 1.35 bits per heavy atom. The molecular formula is C12H9F3N2O3. The van der Waals surface area contributed by atoms with Gasteiger partial charge in [0.05, 0.1) is 11.3 Å². The van der Waals surface area contributed by atoms with Gasteiger partial charge in [-0.15, -0.1) is 0 Å². The number of hydrogen-bond acceptors (Lipinski definition) is 2. The number of aromatic amines is 1. The first-order chi connectivity index (χ1) is 9.21. The fourth-order valence-electron chi connectivity index (χ4n) is 1.80. The summed E-state index contributed by atoms with van der Waals surface area (Å²) < 4.78 is 38.6. The number of hydrogen-bond donors (Lipinski definition) is 2. The molecule has 0 unspecified atom stereocenters. The largest absolute Gasteiger partial charge is 0.477 e. The number of nitrogens with one attached hydrogen (secondary N) is 1. The van der Waals surface area contributed by atoms with Crippen molar-refractivity contribution in [1.29, 1.82) is 0 Å². The predicted molar refractivity (Wildman–Crippen MR) is 63.1 cm³/mol. The molecule has 1 heterocycles. The molecule has 0 amide bonds. The number of rotatable bonds is 2. The van der Waals surface area contributed by atoms with Crippen LogP contribution in [0.2, 0.25) is 0 Å². The second kappa shape index (κ2) is 4.55. The van der Waals surface area contributed by atoms with Gasteiger partial charge < -0.3 is 5.11 Å². The molecule has 5 nitrogen and oxygen atoms in total. The molecule has 2 aromatic rings. The van der Waals surface area contributed by atoms with E-state index in [4.69, 9.17) is 5.11 Å². The Balaban J connectivity index is 2.62. The molecule has 2 rings (SSSR count). The first kappa shape index (κ1) is 13.9. The summed E-state index contributed by atoms with van der Waals surface area (Å²) in [5.41, 5.74) is -2.34. The number of carbonyl (C=O) groups is 1. The maximum Gasteiger partial charge on any atom is 0.416 e. The molecule has 0 aliphatic heterocycles. The van der Waals surface area contributed by atoms with Gasteiger partial charge in [0, 0.05) is 5.69 Å². The number of halogens is 3. The van der Waals surface area contributed by atoms with E-state index >= 15 is 0 Å². The van der Waals surface area contributed by atoms with E-state index in [2.05, 4.69) is 5.10 Å². The Morgan fingerprint density at radius 2 is 2.00 bits per heavy atom. The monoisotopic (exact) mass is 286 g/mol. The molecule has 0 spiro atoms. The van der Waals surface area contributed by atoms with Gasteiger partial charge in [0.25, 0.3) is 5.56 Å². The summed E-state index contributed by atoms with van der Waals surface area (Å²) in [5.74, 6) is -1.44. The molecule has 0 radical (unpaired) electrons. The molecule has 0 bridgehead atoms. The summed E-state index contributed by atoms with van der Waals surface area (Å²) in [6.07, 6.45) is -4.54. The number of alkyl halides is 3. The van der Waals surface area contributed by atoms with Gasteiger partial charge in [0.1, 0.15) is 5.56 Å². The lowest BCUT2D eigenvalue weighted by Crippen LogP contribution is -2.20. The zero-order valence-corrected chi connectivity index (χ0v) is 10.2. The molecule has 1 aromatic carbocycles. The number of carboxylic acids is 1. The summed E-state index contributed by atoms with van der Waals surface area (Å²) in [4.78, 5) is 22.8. The van der Waals surface area contributed by atoms with Crippen molar-refractivity contribution in [3.63, 3.8) is 0 Å². The number of H-pyrrole nitrogens is 1. The van der Waals surface area contributed by atoms with E-state index in [1.807, 2.05) is 0 Å². The van der Waals surface area contributed by atoms with Gasteiger partial charge in [0.15, 0.2) is 0 Å².